The third kappa shape index (κ3) is 5.42. The molecule has 0 heterocycles. The normalized spacial score (nSPS) is 12.4. The lowest BCUT2D eigenvalue weighted by molar-refractivity contribution is 0.297. The summed E-state index contributed by atoms with van der Waals surface area (Å²) in [6, 6.07) is 10.3. The monoisotopic (exact) mass is 259 g/mol. The molecular weight excluding hydrogens is 234 g/mol. The fraction of sp³-hybridized carbons (Fsp3) is 0.562. The number of aryl methyl sites for hydroxylation is 1. The maximum atomic E-state index is 9.23. The molecule has 0 spiro atoms. The Hall–Kier alpha value is -1.37. The molecule has 0 radical (unpaired) electrons. The molecule has 3 heteroatoms. The second-order valence-electron chi connectivity index (χ2n) is 4.81. The summed E-state index contributed by atoms with van der Waals surface area (Å²) >= 11 is 0. The first-order valence-corrected chi connectivity index (χ1v) is 7.13. The number of hydrogen-bond donors (Lipinski definition) is 1. The molecule has 0 aliphatic carbocycles. The van der Waals surface area contributed by atoms with E-state index < -0.39 is 0 Å². The number of nitrogens with one attached hydrogen (secondary N) is 1. The van der Waals surface area contributed by atoms with Gasteiger partial charge >= 0.3 is 0 Å². The van der Waals surface area contributed by atoms with Crippen LogP contribution in [0.25, 0.3) is 0 Å². The van der Waals surface area contributed by atoms with Crippen LogP contribution in [0.2, 0.25) is 0 Å². The molecule has 1 N–H and O–H groups in total. The fourth-order valence-corrected chi connectivity index (χ4v) is 2.09. The van der Waals surface area contributed by atoms with E-state index in [0.29, 0.717) is 0 Å². The van der Waals surface area contributed by atoms with Crippen LogP contribution in [-0.2, 0) is 0 Å². The highest BCUT2D eigenvalue weighted by Crippen LogP contribution is 2.12. The number of nitrogens with zero attached hydrogens (tertiary/aromatic N) is 2. The Morgan fingerprint density at radius 1 is 1.21 bits per heavy atom. The van der Waals surface area contributed by atoms with Crippen molar-refractivity contribution in [3.63, 3.8) is 0 Å². The molecule has 104 valence electrons. The van der Waals surface area contributed by atoms with Gasteiger partial charge in [0.25, 0.3) is 0 Å². The molecule has 19 heavy (non-hydrogen) atoms. The molecule has 1 rings (SSSR count). The zero-order chi connectivity index (χ0) is 14.1. The van der Waals surface area contributed by atoms with Crippen molar-refractivity contribution < 1.29 is 0 Å². The van der Waals surface area contributed by atoms with Gasteiger partial charge in [0.1, 0.15) is 6.04 Å². The zero-order valence-corrected chi connectivity index (χ0v) is 12.3. The van der Waals surface area contributed by atoms with E-state index in [1.54, 1.807) is 0 Å². The second kappa shape index (κ2) is 8.68. The van der Waals surface area contributed by atoms with Crippen LogP contribution in [0.15, 0.2) is 24.3 Å². The standard InChI is InChI=1S/C16H25N3/c1-4-19(5-2)12-6-11-18-16(13-17)15-9-7-14(3)8-10-15/h7-10,16,18H,4-6,11-12H2,1-3H3. The molecule has 0 aliphatic heterocycles. The van der Waals surface area contributed by atoms with Crippen molar-refractivity contribution in [1.82, 2.24) is 10.2 Å². The van der Waals surface area contributed by atoms with Gasteiger partial charge in [0, 0.05) is 0 Å². The average molecular weight is 259 g/mol. The molecule has 0 amide bonds. The van der Waals surface area contributed by atoms with Crippen LogP contribution in [-0.4, -0.2) is 31.1 Å². The van der Waals surface area contributed by atoms with E-state index in [4.69, 9.17) is 0 Å². The van der Waals surface area contributed by atoms with Gasteiger partial charge in [-0.05, 0) is 45.1 Å². The van der Waals surface area contributed by atoms with Gasteiger partial charge in [0.05, 0.1) is 6.07 Å². The number of hydrogen-bond acceptors (Lipinski definition) is 3. The van der Waals surface area contributed by atoms with Crippen molar-refractivity contribution in [2.75, 3.05) is 26.2 Å². The lowest BCUT2D eigenvalue weighted by Crippen LogP contribution is -2.28. The molecule has 1 unspecified atom stereocenters. The van der Waals surface area contributed by atoms with Crippen molar-refractivity contribution in [3.8, 4) is 6.07 Å². The summed E-state index contributed by atoms with van der Waals surface area (Å²) in [6.45, 7) is 10.6. The largest absolute Gasteiger partial charge is 0.304 e. The van der Waals surface area contributed by atoms with Gasteiger partial charge in [-0.25, -0.2) is 0 Å². The summed E-state index contributed by atoms with van der Waals surface area (Å²) in [5.74, 6) is 0. The summed E-state index contributed by atoms with van der Waals surface area (Å²) in [6.07, 6.45) is 1.08. The lowest BCUT2D eigenvalue weighted by atomic mass is 10.1. The van der Waals surface area contributed by atoms with Crippen molar-refractivity contribution >= 4 is 0 Å². The maximum Gasteiger partial charge on any atom is 0.121 e. The first-order chi connectivity index (χ1) is 9.21. The first kappa shape index (κ1) is 15.7. The second-order valence-corrected chi connectivity index (χ2v) is 4.81. The highest BCUT2D eigenvalue weighted by atomic mass is 15.1. The van der Waals surface area contributed by atoms with Crippen LogP contribution in [0.1, 0.15) is 37.4 Å². The van der Waals surface area contributed by atoms with Gasteiger partial charge in [0.15, 0.2) is 0 Å². The first-order valence-electron chi connectivity index (χ1n) is 7.13. The van der Waals surface area contributed by atoms with Crippen LogP contribution >= 0.6 is 0 Å². The van der Waals surface area contributed by atoms with E-state index in [1.807, 2.05) is 12.1 Å². The topological polar surface area (TPSA) is 39.1 Å². The molecule has 0 saturated heterocycles. The van der Waals surface area contributed by atoms with E-state index in [-0.39, 0.29) is 6.04 Å². The average Bonchev–Trinajstić information content (AvgIpc) is 2.44. The number of rotatable bonds is 8. The van der Waals surface area contributed by atoms with Crippen LogP contribution in [0.4, 0.5) is 0 Å². The molecule has 0 fully saturated rings. The smallest absolute Gasteiger partial charge is 0.121 e. The highest BCUT2D eigenvalue weighted by Gasteiger charge is 2.09. The molecule has 1 aromatic rings. The van der Waals surface area contributed by atoms with E-state index in [9.17, 15) is 5.26 Å². The van der Waals surface area contributed by atoms with Gasteiger partial charge in [-0.15, -0.1) is 0 Å². The minimum atomic E-state index is -0.197. The van der Waals surface area contributed by atoms with Crippen LogP contribution in [0.5, 0.6) is 0 Å². The summed E-state index contributed by atoms with van der Waals surface area (Å²) in [5, 5.41) is 12.5. The van der Waals surface area contributed by atoms with Crippen molar-refractivity contribution in [1.29, 1.82) is 5.26 Å². The summed E-state index contributed by atoms with van der Waals surface area (Å²) in [5.41, 5.74) is 2.28. The van der Waals surface area contributed by atoms with Crippen molar-refractivity contribution in [2.45, 2.75) is 33.2 Å². The van der Waals surface area contributed by atoms with E-state index >= 15 is 0 Å². The van der Waals surface area contributed by atoms with Gasteiger partial charge < -0.3 is 4.90 Å². The lowest BCUT2D eigenvalue weighted by Gasteiger charge is -2.18. The number of nitriles is 1. The minimum absolute atomic E-state index is 0.197. The molecule has 1 aromatic carbocycles. The van der Waals surface area contributed by atoms with E-state index in [2.05, 4.69) is 49.2 Å². The molecular formula is C16H25N3. The fourth-order valence-electron chi connectivity index (χ4n) is 2.09. The van der Waals surface area contributed by atoms with Gasteiger partial charge in [-0.1, -0.05) is 43.7 Å². The van der Waals surface area contributed by atoms with E-state index in [0.717, 1.165) is 38.2 Å². The molecule has 1 atom stereocenters. The summed E-state index contributed by atoms with van der Waals surface area (Å²) < 4.78 is 0. The molecule has 0 aromatic heterocycles. The van der Waals surface area contributed by atoms with Crippen molar-refractivity contribution in [3.05, 3.63) is 35.4 Å². The SMILES string of the molecule is CCN(CC)CCCNC(C#N)c1ccc(C)cc1. The molecule has 3 nitrogen and oxygen atoms in total. The Labute approximate surface area is 117 Å². The Kier molecular flexibility index (Phi) is 7.17. The van der Waals surface area contributed by atoms with Crippen LogP contribution in [0.3, 0.4) is 0 Å². The Balaban J connectivity index is 2.38. The third-order valence-corrected chi connectivity index (χ3v) is 3.43. The minimum Gasteiger partial charge on any atom is -0.304 e. The predicted octanol–water partition coefficient (Wildman–Crippen LogP) is 2.88. The van der Waals surface area contributed by atoms with Crippen molar-refractivity contribution in [2.24, 2.45) is 0 Å². The summed E-state index contributed by atoms with van der Waals surface area (Å²) in [7, 11) is 0. The Bertz CT molecular complexity index is 387. The third-order valence-electron chi connectivity index (χ3n) is 3.43. The maximum absolute atomic E-state index is 9.23. The van der Waals surface area contributed by atoms with Gasteiger partial charge in [-0.2, -0.15) is 5.26 Å². The quantitative estimate of drug-likeness (QED) is 0.730. The van der Waals surface area contributed by atoms with Crippen LogP contribution < -0.4 is 5.32 Å². The Morgan fingerprint density at radius 3 is 2.37 bits per heavy atom. The van der Waals surface area contributed by atoms with E-state index in [1.165, 1.54) is 5.56 Å². The van der Waals surface area contributed by atoms with Gasteiger partial charge in [0.2, 0.25) is 0 Å². The number of benzene rings is 1. The highest BCUT2D eigenvalue weighted by molar-refractivity contribution is 5.27. The molecule has 0 aliphatic rings. The zero-order valence-electron chi connectivity index (χ0n) is 12.3. The summed E-state index contributed by atoms with van der Waals surface area (Å²) in [4.78, 5) is 2.40. The van der Waals surface area contributed by atoms with Gasteiger partial charge in [-0.3, -0.25) is 5.32 Å². The van der Waals surface area contributed by atoms with Crippen LogP contribution in [0, 0.1) is 18.3 Å². The Morgan fingerprint density at radius 2 is 1.84 bits per heavy atom. The molecule has 0 saturated carbocycles. The predicted molar refractivity (Wildman–Crippen MR) is 79.9 cm³/mol. The molecule has 0 bridgehead atoms.